The van der Waals surface area contributed by atoms with E-state index in [0.29, 0.717) is 30.2 Å². The molecule has 0 spiro atoms. The molecule has 1 N–H and O–H groups in total. The van der Waals surface area contributed by atoms with E-state index in [0.717, 1.165) is 18.8 Å². The molecular formula is C22H24N4O4. The van der Waals surface area contributed by atoms with Gasteiger partial charge in [0, 0.05) is 31.5 Å². The fourth-order valence-electron chi connectivity index (χ4n) is 2.96. The van der Waals surface area contributed by atoms with E-state index in [2.05, 4.69) is 10.2 Å². The maximum Gasteiger partial charge on any atom is 0.260 e. The van der Waals surface area contributed by atoms with Crippen LogP contribution in [0.1, 0.15) is 5.56 Å². The van der Waals surface area contributed by atoms with Crippen molar-refractivity contribution in [2.75, 3.05) is 56.7 Å². The number of nitrogens with one attached hydrogen (secondary N) is 1. The summed E-state index contributed by atoms with van der Waals surface area (Å²) >= 11 is 0. The Balaban J connectivity index is 1.44. The Morgan fingerprint density at radius 1 is 1.13 bits per heavy atom. The SMILES string of the molecule is CN(CC(=O)Nc1ccc(N2CCOCC2)cc1)C(=O)COc1ccc(C#N)cc1. The van der Waals surface area contributed by atoms with E-state index < -0.39 is 0 Å². The van der Waals surface area contributed by atoms with Crippen molar-refractivity contribution in [3.05, 3.63) is 54.1 Å². The average Bonchev–Trinajstić information content (AvgIpc) is 2.78. The van der Waals surface area contributed by atoms with E-state index in [1.165, 1.54) is 4.90 Å². The lowest BCUT2D eigenvalue weighted by atomic mass is 10.2. The second-order valence-electron chi connectivity index (χ2n) is 6.87. The predicted octanol–water partition coefficient (Wildman–Crippen LogP) is 1.87. The van der Waals surface area contributed by atoms with E-state index in [9.17, 15) is 9.59 Å². The highest BCUT2D eigenvalue weighted by Gasteiger charge is 2.15. The molecule has 0 aliphatic carbocycles. The van der Waals surface area contributed by atoms with Gasteiger partial charge >= 0.3 is 0 Å². The molecule has 0 saturated carbocycles. The van der Waals surface area contributed by atoms with Crippen molar-refractivity contribution in [1.82, 2.24) is 4.90 Å². The van der Waals surface area contributed by atoms with Crippen molar-refractivity contribution < 1.29 is 19.1 Å². The maximum atomic E-state index is 12.3. The summed E-state index contributed by atoms with van der Waals surface area (Å²) in [6.45, 7) is 2.86. The average molecular weight is 408 g/mol. The lowest BCUT2D eigenvalue weighted by Crippen LogP contribution is -2.37. The van der Waals surface area contributed by atoms with Crippen molar-refractivity contribution in [2.45, 2.75) is 0 Å². The molecule has 0 aromatic heterocycles. The van der Waals surface area contributed by atoms with Gasteiger partial charge in [0.15, 0.2) is 6.61 Å². The second-order valence-corrected chi connectivity index (χ2v) is 6.87. The summed E-state index contributed by atoms with van der Waals surface area (Å²) in [6.07, 6.45) is 0. The van der Waals surface area contributed by atoms with Crippen LogP contribution in [-0.4, -0.2) is 63.2 Å². The highest BCUT2D eigenvalue weighted by molar-refractivity contribution is 5.94. The summed E-state index contributed by atoms with van der Waals surface area (Å²) in [5.74, 6) is -0.124. The van der Waals surface area contributed by atoms with E-state index in [1.807, 2.05) is 30.3 Å². The van der Waals surface area contributed by atoms with Gasteiger partial charge in [-0.25, -0.2) is 0 Å². The van der Waals surface area contributed by atoms with Crippen LogP contribution in [0.25, 0.3) is 0 Å². The Hall–Kier alpha value is -3.57. The van der Waals surface area contributed by atoms with Crippen molar-refractivity contribution in [3.63, 3.8) is 0 Å². The molecule has 0 atom stereocenters. The number of amides is 2. The summed E-state index contributed by atoms with van der Waals surface area (Å²) in [6, 6.07) is 16.1. The molecule has 1 aliphatic rings. The molecule has 8 nitrogen and oxygen atoms in total. The lowest BCUT2D eigenvalue weighted by Gasteiger charge is -2.28. The smallest absolute Gasteiger partial charge is 0.260 e. The third kappa shape index (κ3) is 5.96. The van der Waals surface area contributed by atoms with Gasteiger partial charge in [-0.2, -0.15) is 5.26 Å². The molecule has 3 rings (SSSR count). The minimum absolute atomic E-state index is 0.0826. The molecule has 156 valence electrons. The van der Waals surface area contributed by atoms with Gasteiger partial charge in [0.1, 0.15) is 5.75 Å². The highest BCUT2D eigenvalue weighted by Crippen LogP contribution is 2.19. The van der Waals surface area contributed by atoms with Gasteiger partial charge < -0.3 is 24.6 Å². The summed E-state index contributed by atoms with van der Waals surface area (Å²) in [5, 5.41) is 11.6. The van der Waals surface area contributed by atoms with Crippen molar-refractivity contribution >= 4 is 23.2 Å². The van der Waals surface area contributed by atoms with Crippen LogP contribution in [-0.2, 0) is 14.3 Å². The van der Waals surface area contributed by atoms with Crippen LogP contribution in [0.3, 0.4) is 0 Å². The Labute approximate surface area is 175 Å². The van der Waals surface area contributed by atoms with Gasteiger partial charge in [-0.3, -0.25) is 9.59 Å². The molecule has 0 radical (unpaired) electrons. The molecule has 1 fully saturated rings. The van der Waals surface area contributed by atoms with Crippen LogP contribution in [0.4, 0.5) is 11.4 Å². The number of morpholine rings is 1. The van der Waals surface area contributed by atoms with Gasteiger partial charge in [0.05, 0.1) is 31.4 Å². The topological polar surface area (TPSA) is 94.9 Å². The van der Waals surface area contributed by atoms with Gasteiger partial charge in [0.2, 0.25) is 5.91 Å². The molecule has 2 aromatic carbocycles. The number of hydrogen-bond donors (Lipinski definition) is 1. The molecule has 0 unspecified atom stereocenters. The Morgan fingerprint density at radius 3 is 2.43 bits per heavy atom. The van der Waals surface area contributed by atoms with E-state index in [-0.39, 0.29) is 25.0 Å². The van der Waals surface area contributed by atoms with Crippen molar-refractivity contribution in [2.24, 2.45) is 0 Å². The number of hydrogen-bond acceptors (Lipinski definition) is 6. The molecule has 2 amide bonds. The van der Waals surface area contributed by atoms with Crippen LogP contribution < -0.4 is 15.0 Å². The summed E-state index contributed by atoms with van der Waals surface area (Å²) in [7, 11) is 1.55. The van der Waals surface area contributed by atoms with Gasteiger partial charge in [-0.05, 0) is 48.5 Å². The number of carbonyl (C=O) groups is 2. The monoisotopic (exact) mass is 408 g/mol. The molecule has 2 aromatic rings. The first-order valence-electron chi connectivity index (χ1n) is 9.64. The van der Waals surface area contributed by atoms with E-state index >= 15 is 0 Å². The summed E-state index contributed by atoms with van der Waals surface area (Å²) < 4.78 is 10.8. The van der Waals surface area contributed by atoms with Crippen LogP contribution in [0.15, 0.2) is 48.5 Å². The van der Waals surface area contributed by atoms with E-state index in [1.54, 1.807) is 31.3 Å². The Bertz CT molecular complexity index is 900. The van der Waals surface area contributed by atoms with Crippen molar-refractivity contribution in [3.8, 4) is 11.8 Å². The minimum Gasteiger partial charge on any atom is -0.484 e. The molecule has 1 heterocycles. The lowest BCUT2D eigenvalue weighted by molar-refractivity contribution is -0.135. The largest absolute Gasteiger partial charge is 0.484 e. The fourth-order valence-corrected chi connectivity index (χ4v) is 2.96. The zero-order chi connectivity index (χ0) is 21.3. The number of nitriles is 1. The van der Waals surface area contributed by atoms with Crippen LogP contribution in [0.5, 0.6) is 5.75 Å². The van der Waals surface area contributed by atoms with Crippen molar-refractivity contribution in [1.29, 1.82) is 5.26 Å². The zero-order valence-corrected chi connectivity index (χ0v) is 16.8. The molecule has 0 bridgehead atoms. The molecule has 30 heavy (non-hydrogen) atoms. The van der Waals surface area contributed by atoms with Gasteiger partial charge in [0.25, 0.3) is 5.91 Å². The summed E-state index contributed by atoms with van der Waals surface area (Å²) in [4.78, 5) is 28.0. The predicted molar refractivity (Wildman–Crippen MR) is 112 cm³/mol. The molecule has 8 heteroatoms. The minimum atomic E-state index is -0.322. The van der Waals surface area contributed by atoms with E-state index in [4.69, 9.17) is 14.7 Å². The fraction of sp³-hybridized carbons (Fsp3) is 0.318. The maximum absolute atomic E-state index is 12.3. The van der Waals surface area contributed by atoms with Gasteiger partial charge in [-0.15, -0.1) is 0 Å². The Kier molecular flexibility index (Phi) is 7.24. The standard InChI is InChI=1S/C22H24N4O4/c1-25(22(28)16-30-20-8-2-17(14-23)3-9-20)15-21(27)24-18-4-6-19(7-5-18)26-10-12-29-13-11-26/h2-9H,10-13,15-16H2,1H3,(H,24,27). The van der Waals surface area contributed by atoms with Gasteiger partial charge in [-0.1, -0.05) is 0 Å². The van der Waals surface area contributed by atoms with Crippen LogP contribution >= 0.6 is 0 Å². The first kappa shape index (κ1) is 21.1. The number of nitrogens with zero attached hydrogens (tertiary/aromatic N) is 3. The first-order valence-corrected chi connectivity index (χ1v) is 9.64. The molecular weight excluding hydrogens is 384 g/mol. The number of ether oxygens (including phenoxy) is 2. The van der Waals surface area contributed by atoms with Crippen LogP contribution in [0.2, 0.25) is 0 Å². The number of rotatable bonds is 7. The number of carbonyl (C=O) groups excluding carboxylic acids is 2. The zero-order valence-electron chi connectivity index (χ0n) is 16.8. The third-order valence-electron chi connectivity index (χ3n) is 4.68. The highest BCUT2D eigenvalue weighted by atomic mass is 16.5. The quantitative estimate of drug-likeness (QED) is 0.752. The molecule has 1 aliphatic heterocycles. The number of likely N-dealkylation sites (N-methyl/N-ethyl adjacent to an activating group) is 1. The normalized spacial score (nSPS) is 13.3. The molecule has 1 saturated heterocycles. The second kappa shape index (κ2) is 10.3. The first-order chi connectivity index (χ1) is 14.5. The summed E-state index contributed by atoms with van der Waals surface area (Å²) in [5.41, 5.74) is 2.27. The third-order valence-corrected chi connectivity index (χ3v) is 4.68. The van der Waals surface area contributed by atoms with Crippen LogP contribution in [0, 0.1) is 11.3 Å². The Morgan fingerprint density at radius 2 is 1.80 bits per heavy atom. The number of anilines is 2. The number of benzene rings is 2.